The van der Waals surface area contributed by atoms with Crippen LogP contribution in [0, 0.1) is 5.92 Å². The van der Waals surface area contributed by atoms with E-state index in [9.17, 15) is 9.59 Å². The van der Waals surface area contributed by atoms with E-state index < -0.39 is 11.9 Å². The van der Waals surface area contributed by atoms with Gasteiger partial charge < -0.3 is 9.84 Å². The average molecular weight is 565 g/mol. The fraction of sp³-hybridized carbons (Fsp3) is 0.889. The Morgan fingerprint density at radius 1 is 0.550 bits per heavy atom. The molecule has 0 saturated heterocycles. The number of unbranched alkanes of at least 4 members (excludes halogenated alkanes) is 23. The van der Waals surface area contributed by atoms with Crippen LogP contribution >= 0.6 is 0 Å². The topological polar surface area (TPSA) is 63.6 Å². The highest BCUT2D eigenvalue weighted by molar-refractivity contribution is 5.79. The molecule has 0 rings (SSSR count). The van der Waals surface area contributed by atoms with E-state index in [4.69, 9.17) is 9.84 Å². The van der Waals surface area contributed by atoms with E-state index in [2.05, 4.69) is 19.1 Å². The van der Waals surface area contributed by atoms with E-state index >= 15 is 0 Å². The van der Waals surface area contributed by atoms with Crippen molar-refractivity contribution in [3.8, 4) is 0 Å². The van der Waals surface area contributed by atoms with Crippen molar-refractivity contribution in [2.24, 2.45) is 5.92 Å². The van der Waals surface area contributed by atoms with Crippen LogP contribution in [0.2, 0.25) is 0 Å². The number of hydrogen-bond acceptors (Lipinski definition) is 3. The fourth-order valence-corrected chi connectivity index (χ4v) is 5.42. The second-order valence-electron chi connectivity index (χ2n) is 12.1. The SMILES string of the molecule is CCCCCCCCCC/C=C/CCCCCCCCCCCCCCCCCC(CC(=O)O)C(=O)OCCC. The standard InChI is InChI=1S/C36H68O4/c1-3-5-6-7-8-9-10-11-12-13-14-15-16-17-18-19-20-21-22-23-24-25-26-27-28-29-30-31-34(33-35(37)38)36(39)40-32-4-2/h13-14,34H,3-12,15-33H2,1-2H3,(H,37,38)/b14-13+. The first-order valence-corrected chi connectivity index (χ1v) is 17.6. The molecule has 0 aliphatic carbocycles. The van der Waals surface area contributed by atoms with Crippen LogP contribution in [0.25, 0.3) is 0 Å². The molecule has 1 unspecified atom stereocenters. The van der Waals surface area contributed by atoms with Crippen LogP contribution in [-0.4, -0.2) is 23.7 Å². The molecule has 40 heavy (non-hydrogen) atoms. The molecule has 0 radical (unpaired) electrons. The van der Waals surface area contributed by atoms with Crippen LogP contribution in [0.5, 0.6) is 0 Å². The minimum Gasteiger partial charge on any atom is -0.481 e. The average Bonchev–Trinajstić information content (AvgIpc) is 2.94. The lowest BCUT2D eigenvalue weighted by molar-refractivity contribution is -0.153. The van der Waals surface area contributed by atoms with Gasteiger partial charge in [-0.1, -0.05) is 161 Å². The third kappa shape index (κ3) is 29.7. The van der Waals surface area contributed by atoms with E-state index in [1.54, 1.807) is 0 Å². The van der Waals surface area contributed by atoms with Crippen LogP contribution in [0.4, 0.5) is 0 Å². The quantitative estimate of drug-likeness (QED) is 0.0501. The van der Waals surface area contributed by atoms with Gasteiger partial charge in [-0.25, -0.2) is 0 Å². The Hall–Kier alpha value is -1.32. The summed E-state index contributed by atoms with van der Waals surface area (Å²) < 4.78 is 5.16. The van der Waals surface area contributed by atoms with Crippen molar-refractivity contribution in [1.29, 1.82) is 0 Å². The number of ether oxygens (including phenoxy) is 1. The van der Waals surface area contributed by atoms with E-state index in [1.807, 2.05) is 6.92 Å². The first-order chi connectivity index (χ1) is 19.6. The zero-order valence-corrected chi connectivity index (χ0v) is 26.9. The number of carbonyl (C=O) groups excluding carboxylic acids is 1. The lowest BCUT2D eigenvalue weighted by Crippen LogP contribution is -2.21. The summed E-state index contributed by atoms with van der Waals surface area (Å²) in [6.07, 6.45) is 39.5. The number of aliphatic carboxylic acids is 1. The van der Waals surface area contributed by atoms with Gasteiger partial charge in [-0.15, -0.1) is 0 Å². The van der Waals surface area contributed by atoms with Gasteiger partial charge in [0, 0.05) is 0 Å². The Balaban J connectivity index is 3.34. The van der Waals surface area contributed by atoms with Crippen LogP contribution < -0.4 is 0 Å². The number of carboxylic acids is 1. The molecule has 1 N–H and O–H groups in total. The molecule has 0 aromatic rings. The second-order valence-corrected chi connectivity index (χ2v) is 12.1. The van der Waals surface area contributed by atoms with E-state index in [-0.39, 0.29) is 12.4 Å². The number of esters is 1. The molecule has 4 nitrogen and oxygen atoms in total. The normalized spacial score (nSPS) is 12.2. The fourth-order valence-electron chi connectivity index (χ4n) is 5.42. The lowest BCUT2D eigenvalue weighted by Gasteiger charge is -2.13. The van der Waals surface area contributed by atoms with E-state index in [0.29, 0.717) is 13.0 Å². The van der Waals surface area contributed by atoms with Crippen LogP contribution in [0.1, 0.15) is 194 Å². The molecule has 0 fully saturated rings. The molecule has 236 valence electrons. The summed E-state index contributed by atoms with van der Waals surface area (Å²) in [5.74, 6) is -1.74. The van der Waals surface area contributed by atoms with Gasteiger partial charge in [0.1, 0.15) is 0 Å². The molecule has 0 saturated carbocycles. The Morgan fingerprint density at radius 2 is 0.925 bits per heavy atom. The van der Waals surface area contributed by atoms with Gasteiger partial charge in [-0.2, -0.15) is 0 Å². The van der Waals surface area contributed by atoms with E-state index in [0.717, 1.165) is 19.3 Å². The largest absolute Gasteiger partial charge is 0.481 e. The second kappa shape index (κ2) is 32.2. The third-order valence-electron chi connectivity index (χ3n) is 8.02. The summed E-state index contributed by atoms with van der Waals surface area (Å²) in [6.45, 7) is 4.61. The molecule has 0 amide bonds. The van der Waals surface area contributed by atoms with Crippen molar-refractivity contribution in [1.82, 2.24) is 0 Å². The molecule has 0 aliphatic rings. The Bertz CT molecular complexity index is 571. The van der Waals surface area contributed by atoms with Gasteiger partial charge in [0.2, 0.25) is 0 Å². The Kier molecular flexibility index (Phi) is 31.1. The van der Waals surface area contributed by atoms with Crippen molar-refractivity contribution in [3.05, 3.63) is 12.2 Å². The van der Waals surface area contributed by atoms with Crippen LogP contribution in [-0.2, 0) is 14.3 Å². The van der Waals surface area contributed by atoms with Gasteiger partial charge in [0.05, 0.1) is 18.9 Å². The van der Waals surface area contributed by atoms with Crippen LogP contribution in [0.3, 0.4) is 0 Å². The molecule has 0 aromatic heterocycles. The third-order valence-corrected chi connectivity index (χ3v) is 8.02. The Labute approximate surface area is 249 Å². The lowest BCUT2D eigenvalue weighted by atomic mass is 9.97. The van der Waals surface area contributed by atoms with Gasteiger partial charge in [0.25, 0.3) is 0 Å². The molecule has 0 heterocycles. The Morgan fingerprint density at radius 3 is 1.30 bits per heavy atom. The van der Waals surface area contributed by atoms with E-state index in [1.165, 1.54) is 148 Å². The maximum absolute atomic E-state index is 12.0. The number of allylic oxidation sites excluding steroid dienone is 2. The predicted molar refractivity (Wildman–Crippen MR) is 172 cm³/mol. The van der Waals surface area contributed by atoms with Crippen LogP contribution in [0.15, 0.2) is 12.2 Å². The number of rotatable bonds is 32. The van der Waals surface area contributed by atoms with Crippen molar-refractivity contribution in [2.45, 2.75) is 194 Å². The van der Waals surface area contributed by atoms with Gasteiger partial charge >= 0.3 is 11.9 Å². The molecule has 1 atom stereocenters. The summed E-state index contributed by atoms with van der Waals surface area (Å²) >= 11 is 0. The molecule has 0 bridgehead atoms. The zero-order valence-electron chi connectivity index (χ0n) is 26.9. The monoisotopic (exact) mass is 565 g/mol. The highest BCUT2D eigenvalue weighted by Gasteiger charge is 2.22. The van der Waals surface area contributed by atoms with Crippen molar-refractivity contribution < 1.29 is 19.4 Å². The molecule has 0 spiro atoms. The summed E-state index contributed by atoms with van der Waals surface area (Å²) in [6, 6.07) is 0. The zero-order chi connectivity index (χ0) is 29.4. The van der Waals surface area contributed by atoms with Gasteiger partial charge in [0.15, 0.2) is 0 Å². The summed E-state index contributed by atoms with van der Waals surface area (Å²) in [5, 5.41) is 9.05. The summed E-state index contributed by atoms with van der Waals surface area (Å²) in [4.78, 5) is 23.1. The summed E-state index contributed by atoms with van der Waals surface area (Å²) in [7, 11) is 0. The molecular weight excluding hydrogens is 496 g/mol. The number of carboxylic acid groups (broad SMARTS) is 1. The smallest absolute Gasteiger partial charge is 0.309 e. The number of carbonyl (C=O) groups is 2. The predicted octanol–water partition coefficient (Wildman–Crippen LogP) is 11.7. The summed E-state index contributed by atoms with van der Waals surface area (Å²) in [5.41, 5.74) is 0. The van der Waals surface area contributed by atoms with Crippen molar-refractivity contribution in [2.75, 3.05) is 6.61 Å². The maximum atomic E-state index is 12.0. The molecule has 4 heteroatoms. The van der Waals surface area contributed by atoms with Crippen molar-refractivity contribution >= 4 is 11.9 Å². The van der Waals surface area contributed by atoms with Gasteiger partial charge in [-0.05, 0) is 38.5 Å². The first kappa shape index (κ1) is 38.7. The minimum atomic E-state index is -0.916. The highest BCUT2D eigenvalue weighted by atomic mass is 16.5. The molecule has 0 aromatic carbocycles. The first-order valence-electron chi connectivity index (χ1n) is 17.6. The molecule has 0 aliphatic heterocycles. The number of hydrogen-bond donors (Lipinski definition) is 1. The minimum absolute atomic E-state index is 0.111. The molecular formula is C36H68O4. The maximum Gasteiger partial charge on any atom is 0.309 e. The van der Waals surface area contributed by atoms with Gasteiger partial charge in [-0.3, -0.25) is 9.59 Å². The highest BCUT2D eigenvalue weighted by Crippen LogP contribution is 2.18. The van der Waals surface area contributed by atoms with Crippen molar-refractivity contribution in [3.63, 3.8) is 0 Å².